The monoisotopic (exact) mass is 395 g/mol. The number of anilines is 1. The summed E-state index contributed by atoms with van der Waals surface area (Å²) in [6, 6.07) is 9.60. The van der Waals surface area contributed by atoms with E-state index in [1.165, 1.54) is 39.5 Å². The van der Waals surface area contributed by atoms with Crippen LogP contribution in [0.3, 0.4) is 0 Å². The fourth-order valence-electron chi connectivity index (χ4n) is 2.27. The molecule has 0 aliphatic heterocycles. The van der Waals surface area contributed by atoms with E-state index in [1.807, 2.05) is 0 Å². The lowest BCUT2D eigenvalue weighted by Gasteiger charge is -2.12. The van der Waals surface area contributed by atoms with E-state index in [1.54, 1.807) is 30.3 Å². The van der Waals surface area contributed by atoms with Gasteiger partial charge in [0.2, 0.25) is 11.7 Å². The molecule has 2 aromatic carbocycles. The summed E-state index contributed by atoms with van der Waals surface area (Å²) in [5.74, 6) is -1.43. The third-order valence-electron chi connectivity index (χ3n) is 3.46. The molecular formula is C19H19F2NO4S. The third kappa shape index (κ3) is 5.89. The van der Waals surface area contributed by atoms with Crippen molar-refractivity contribution in [2.45, 2.75) is 10.7 Å². The minimum Gasteiger partial charge on any atom is -0.493 e. The molecule has 5 nitrogen and oxygen atoms in total. The number of carbonyl (C=O) groups excluding carboxylic acids is 1. The number of ether oxygens (including phenoxy) is 3. The Morgan fingerprint density at radius 1 is 1.04 bits per heavy atom. The first kappa shape index (κ1) is 20.6. The molecule has 0 unspecified atom stereocenters. The van der Waals surface area contributed by atoms with Gasteiger partial charge in [0.05, 0.1) is 21.3 Å². The van der Waals surface area contributed by atoms with E-state index in [2.05, 4.69) is 5.32 Å². The number of nitrogens with one attached hydrogen (secondary N) is 1. The van der Waals surface area contributed by atoms with Crippen LogP contribution in [0.2, 0.25) is 0 Å². The molecule has 0 spiro atoms. The van der Waals surface area contributed by atoms with E-state index in [0.29, 0.717) is 45.2 Å². The molecule has 0 heterocycles. The Balaban J connectivity index is 2.08. The summed E-state index contributed by atoms with van der Waals surface area (Å²) in [6.45, 7) is 0. The Kier molecular flexibility index (Phi) is 7.48. The van der Waals surface area contributed by atoms with E-state index in [9.17, 15) is 13.6 Å². The van der Waals surface area contributed by atoms with Gasteiger partial charge < -0.3 is 19.5 Å². The van der Waals surface area contributed by atoms with Gasteiger partial charge in [0.1, 0.15) is 0 Å². The molecule has 0 radical (unpaired) electrons. The minimum absolute atomic E-state index is 0.363. The highest BCUT2D eigenvalue weighted by Gasteiger charge is 2.12. The van der Waals surface area contributed by atoms with Crippen LogP contribution in [0.15, 0.2) is 47.4 Å². The average molecular weight is 395 g/mol. The van der Waals surface area contributed by atoms with Gasteiger partial charge in [0.25, 0.3) is 5.76 Å². The van der Waals surface area contributed by atoms with Gasteiger partial charge in [0.15, 0.2) is 11.5 Å². The molecule has 0 aromatic heterocycles. The van der Waals surface area contributed by atoms with Crippen LogP contribution in [0.4, 0.5) is 14.5 Å². The standard InChI is InChI=1S/C19H19F2NO4S/c1-24-15-10-12(11-16(25-2)18(15)26-3)4-9-17(23)22-13-5-7-14(8-6-13)27-19(20)21/h4-11,19H,1-3H3,(H,22,23)/b9-4+. The minimum atomic E-state index is -2.48. The predicted octanol–water partition coefficient (Wildman–Crippen LogP) is 4.68. The van der Waals surface area contributed by atoms with Crippen molar-refractivity contribution >= 4 is 29.4 Å². The van der Waals surface area contributed by atoms with Gasteiger partial charge in [-0.15, -0.1) is 0 Å². The first-order valence-corrected chi connectivity index (χ1v) is 8.68. The SMILES string of the molecule is COc1cc(/C=C/C(=O)Nc2ccc(SC(F)F)cc2)cc(OC)c1OC. The van der Waals surface area contributed by atoms with E-state index < -0.39 is 5.76 Å². The van der Waals surface area contributed by atoms with Crippen molar-refractivity contribution in [1.29, 1.82) is 0 Å². The molecule has 0 aliphatic carbocycles. The summed E-state index contributed by atoms with van der Waals surface area (Å²) in [7, 11) is 4.52. The van der Waals surface area contributed by atoms with E-state index >= 15 is 0 Å². The summed E-state index contributed by atoms with van der Waals surface area (Å²) in [5, 5.41) is 2.66. The normalized spacial score (nSPS) is 10.9. The Labute approximate surface area is 160 Å². The number of rotatable bonds is 8. The molecule has 2 rings (SSSR count). The van der Waals surface area contributed by atoms with Crippen LogP contribution in [0.25, 0.3) is 6.08 Å². The van der Waals surface area contributed by atoms with Gasteiger partial charge in [-0.25, -0.2) is 0 Å². The second-order valence-corrected chi connectivity index (χ2v) is 6.25. The van der Waals surface area contributed by atoms with Gasteiger partial charge in [0, 0.05) is 16.7 Å². The topological polar surface area (TPSA) is 56.8 Å². The van der Waals surface area contributed by atoms with Crippen LogP contribution in [-0.4, -0.2) is 33.0 Å². The zero-order valence-electron chi connectivity index (χ0n) is 15.0. The molecule has 0 fully saturated rings. The zero-order chi connectivity index (χ0) is 19.8. The summed E-state index contributed by atoms with van der Waals surface area (Å²) < 4.78 is 40.4. The first-order chi connectivity index (χ1) is 13.0. The van der Waals surface area contributed by atoms with Crippen LogP contribution in [0.1, 0.15) is 5.56 Å². The molecule has 0 saturated carbocycles. The Bertz CT molecular complexity index is 785. The highest BCUT2D eigenvalue weighted by atomic mass is 32.2. The molecular weight excluding hydrogens is 376 g/mol. The number of amides is 1. The van der Waals surface area contributed by atoms with Crippen LogP contribution < -0.4 is 19.5 Å². The number of carbonyl (C=O) groups is 1. The highest BCUT2D eigenvalue weighted by molar-refractivity contribution is 7.99. The molecule has 27 heavy (non-hydrogen) atoms. The lowest BCUT2D eigenvalue weighted by molar-refractivity contribution is -0.111. The Morgan fingerprint density at radius 3 is 2.11 bits per heavy atom. The average Bonchev–Trinajstić information content (AvgIpc) is 2.66. The number of hydrogen-bond acceptors (Lipinski definition) is 5. The third-order valence-corrected chi connectivity index (χ3v) is 4.18. The Morgan fingerprint density at radius 2 is 1.63 bits per heavy atom. The fraction of sp³-hybridized carbons (Fsp3) is 0.211. The maximum Gasteiger partial charge on any atom is 0.288 e. The molecule has 1 N–H and O–H groups in total. The molecule has 0 bridgehead atoms. The molecule has 0 saturated heterocycles. The lowest BCUT2D eigenvalue weighted by atomic mass is 10.1. The summed E-state index contributed by atoms with van der Waals surface area (Å²) in [6.07, 6.45) is 2.95. The smallest absolute Gasteiger partial charge is 0.288 e. The van der Waals surface area contributed by atoms with Gasteiger partial charge >= 0.3 is 0 Å². The van der Waals surface area contributed by atoms with Gasteiger partial charge in [-0.05, 0) is 48.0 Å². The van der Waals surface area contributed by atoms with Crippen LogP contribution in [-0.2, 0) is 4.79 Å². The van der Waals surface area contributed by atoms with Crippen LogP contribution in [0, 0.1) is 0 Å². The maximum atomic E-state index is 12.3. The van der Waals surface area contributed by atoms with Crippen molar-refractivity contribution < 1.29 is 27.8 Å². The van der Waals surface area contributed by atoms with Crippen molar-refractivity contribution in [1.82, 2.24) is 0 Å². The number of halogens is 2. The van der Waals surface area contributed by atoms with Crippen molar-refractivity contribution in [3.8, 4) is 17.2 Å². The molecule has 2 aromatic rings. The second kappa shape index (κ2) is 9.82. The second-order valence-electron chi connectivity index (χ2n) is 5.18. The van der Waals surface area contributed by atoms with Gasteiger partial charge in [-0.3, -0.25) is 4.79 Å². The molecule has 0 atom stereocenters. The number of benzene rings is 2. The fourth-order valence-corrected chi connectivity index (χ4v) is 2.77. The van der Waals surface area contributed by atoms with Crippen LogP contribution >= 0.6 is 11.8 Å². The van der Waals surface area contributed by atoms with Crippen molar-refractivity contribution in [2.24, 2.45) is 0 Å². The summed E-state index contributed by atoms with van der Waals surface area (Å²) >= 11 is 0.449. The van der Waals surface area contributed by atoms with Crippen LogP contribution in [0.5, 0.6) is 17.2 Å². The molecule has 1 amide bonds. The first-order valence-electron chi connectivity index (χ1n) is 7.80. The summed E-state index contributed by atoms with van der Waals surface area (Å²) in [5.41, 5.74) is 1.19. The van der Waals surface area contributed by atoms with Crippen molar-refractivity contribution in [2.75, 3.05) is 26.6 Å². The molecule has 0 aliphatic rings. The Hall–Kier alpha value is -2.74. The van der Waals surface area contributed by atoms with Gasteiger partial charge in [-0.1, -0.05) is 11.8 Å². The van der Waals surface area contributed by atoms with Crippen molar-refractivity contribution in [3.63, 3.8) is 0 Å². The predicted molar refractivity (Wildman–Crippen MR) is 102 cm³/mol. The maximum absolute atomic E-state index is 12.3. The van der Waals surface area contributed by atoms with Gasteiger partial charge in [-0.2, -0.15) is 8.78 Å². The highest BCUT2D eigenvalue weighted by Crippen LogP contribution is 2.38. The lowest BCUT2D eigenvalue weighted by Crippen LogP contribution is -2.07. The number of hydrogen-bond donors (Lipinski definition) is 1. The van der Waals surface area contributed by atoms with E-state index in [-0.39, 0.29) is 5.91 Å². The van der Waals surface area contributed by atoms with E-state index in [0.717, 1.165) is 0 Å². The number of methoxy groups -OCH3 is 3. The molecule has 144 valence electrons. The zero-order valence-corrected chi connectivity index (χ0v) is 15.8. The van der Waals surface area contributed by atoms with E-state index in [4.69, 9.17) is 14.2 Å². The number of thioether (sulfide) groups is 1. The quantitative estimate of drug-likeness (QED) is 0.520. The number of alkyl halides is 2. The molecule has 8 heteroatoms. The van der Waals surface area contributed by atoms with Crippen molar-refractivity contribution in [3.05, 3.63) is 48.0 Å². The summed E-state index contributed by atoms with van der Waals surface area (Å²) in [4.78, 5) is 12.5. The largest absolute Gasteiger partial charge is 0.493 e.